The highest BCUT2D eigenvalue weighted by Gasteiger charge is 2.27. The summed E-state index contributed by atoms with van der Waals surface area (Å²) in [5.41, 5.74) is 7.94. The number of nitrogens with zero attached hydrogens (tertiary/aromatic N) is 1. The van der Waals surface area contributed by atoms with Crippen molar-refractivity contribution in [3.8, 4) is 0 Å². The van der Waals surface area contributed by atoms with Crippen LogP contribution in [0, 0.1) is 12.8 Å². The number of urea groups is 1. The van der Waals surface area contributed by atoms with Gasteiger partial charge in [-0.25, -0.2) is 4.79 Å². The number of amides is 3. The van der Waals surface area contributed by atoms with Crippen LogP contribution in [0.15, 0.2) is 24.3 Å². The third kappa shape index (κ3) is 7.99. The van der Waals surface area contributed by atoms with E-state index in [-0.39, 0.29) is 30.3 Å². The van der Waals surface area contributed by atoms with E-state index < -0.39 is 6.04 Å². The van der Waals surface area contributed by atoms with Gasteiger partial charge in [-0.15, -0.1) is 12.4 Å². The Balaban J connectivity index is 0.00000364. The lowest BCUT2D eigenvalue weighted by Crippen LogP contribution is -2.50. The minimum Gasteiger partial charge on any atom is -0.341 e. The molecule has 1 aromatic carbocycles. The van der Waals surface area contributed by atoms with Gasteiger partial charge in [-0.3, -0.25) is 4.79 Å². The number of aryl methyl sites for hydroxylation is 1. The van der Waals surface area contributed by atoms with Crippen LogP contribution in [0.25, 0.3) is 0 Å². The van der Waals surface area contributed by atoms with Crippen LogP contribution in [0.4, 0.5) is 10.5 Å². The number of hydrogen-bond acceptors (Lipinski definition) is 4. The number of nitrogens with one attached hydrogen (secondary N) is 2. The van der Waals surface area contributed by atoms with Crippen LogP contribution in [0.2, 0.25) is 0 Å². The van der Waals surface area contributed by atoms with E-state index in [2.05, 4.69) is 10.6 Å². The Kier molecular flexibility index (Phi) is 10.6. The molecule has 152 valence electrons. The Morgan fingerprint density at radius 1 is 1.33 bits per heavy atom. The molecule has 1 aliphatic heterocycles. The number of rotatable bonds is 7. The van der Waals surface area contributed by atoms with E-state index in [1.54, 1.807) is 11.8 Å². The van der Waals surface area contributed by atoms with Gasteiger partial charge in [-0.05, 0) is 56.2 Å². The molecule has 0 bridgehead atoms. The molecule has 0 aromatic heterocycles. The SMILES string of the molecule is CSCC[C@H](N)C(=O)N1CCCC(CNC(=O)Nc2ccc(C)cc2)C1.Cl. The molecule has 1 saturated heterocycles. The van der Waals surface area contributed by atoms with Gasteiger partial charge in [-0.1, -0.05) is 17.7 Å². The van der Waals surface area contributed by atoms with Crippen molar-refractivity contribution < 1.29 is 9.59 Å². The normalized spacial score (nSPS) is 17.6. The quantitative estimate of drug-likeness (QED) is 0.640. The van der Waals surface area contributed by atoms with Gasteiger partial charge in [0.25, 0.3) is 0 Å². The van der Waals surface area contributed by atoms with Crippen LogP contribution in [0.5, 0.6) is 0 Å². The van der Waals surface area contributed by atoms with Gasteiger partial charge in [0.1, 0.15) is 0 Å². The van der Waals surface area contributed by atoms with Gasteiger partial charge in [0.2, 0.25) is 5.91 Å². The number of carbonyl (C=O) groups excluding carboxylic acids is 2. The molecule has 6 nitrogen and oxygen atoms in total. The first-order valence-corrected chi connectivity index (χ1v) is 10.5. The van der Waals surface area contributed by atoms with E-state index in [4.69, 9.17) is 5.73 Å². The van der Waals surface area contributed by atoms with E-state index in [1.165, 1.54) is 0 Å². The topological polar surface area (TPSA) is 87.5 Å². The molecular formula is C19H31ClN4O2S. The fraction of sp³-hybridized carbons (Fsp3) is 0.579. The van der Waals surface area contributed by atoms with E-state index >= 15 is 0 Å². The summed E-state index contributed by atoms with van der Waals surface area (Å²) in [6, 6.07) is 7.05. The first-order valence-electron chi connectivity index (χ1n) is 9.14. The summed E-state index contributed by atoms with van der Waals surface area (Å²) in [7, 11) is 0. The lowest BCUT2D eigenvalue weighted by molar-refractivity contribution is -0.134. The van der Waals surface area contributed by atoms with Crippen molar-refractivity contribution in [2.24, 2.45) is 11.7 Å². The smallest absolute Gasteiger partial charge is 0.319 e. The minimum atomic E-state index is -0.418. The number of piperidine rings is 1. The summed E-state index contributed by atoms with van der Waals surface area (Å²) in [4.78, 5) is 26.4. The second-order valence-electron chi connectivity index (χ2n) is 6.88. The monoisotopic (exact) mass is 414 g/mol. The largest absolute Gasteiger partial charge is 0.341 e. The van der Waals surface area contributed by atoms with E-state index in [9.17, 15) is 9.59 Å². The molecular weight excluding hydrogens is 384 g/mol. The van der Waals surface area contributed by atoms with Crippen molar-refractivity contribution in [1.29, 1.82) is 0 Å². The molecule has 1 aromatic rings. The van der Waals surface area contributed by atoms with Crippen LogP contribution >= 0.6 is 24.2 Å². The van der Waals surface area contributed by atoms with Crippen LogP contribution in [0.3, 0.4) is 0 Å². The zero-order valence-electron chi connectivity index (χ0n) is 16.1. The molecule has 2 rings (SSSR count). The Bertz CT molecular complexity index is 600. The molecule has 27 heavy (non-hydrogen) atoms. The van der Waals surface area contributed by atoms with Gasteiger partial charge >= 0.3 is 6.03 Å². The fourth-order valence-electron chi connectivity index (χ4n) is 3.08. The van der Waals surface area contributed by atoms with E-state index in [0.717, 1.165) is 36.4 Å². The molecule has 1 heterocycles. The van der Waals surface area contributed by atoms with Crippen molar-refractivity contribution in [3.63, 3.8) is 0 Å². The number of thioether (sulfide) groups is 1. The zero-order chi connectivity index (χ0) is 18.9. The molecule has 2 atom stereocenters. The van der Waals surface area contributed by atoms with Gasteiger partial charge < -0.3 is 21.3 Å². The van der Waals surface area contributed by atoms with Gasteiger partial charge in [0.15, 0.2) is 0 Å². The summed E-state index contributed by atoms with van der Waals surface area (Å²) in [6.45, 7) is 3.99. The molecule has 0 spiro atoms. The molecule has 1 unspecified atom stereocenters. The predicted molar refractivity (Wildman–Crippen MR) is 116 cm³/mol. The highest BCUT2D eigenvalue weighted by atomic mass is 35.5. The van der Waals surface area contributed by atoms with Crippen molar-refractivity contribution in [2.75, 3.05) is 37.0 Å². The number of benzene rings is 1. The molecule has 0 aliphatic carbocycles. The number of hydrogen-bond donors (Lipinski definition) is 3. The Morgan fingerprint density at radius 2 is 2.04 bits per heavy atom. The van der Waals surface area contributed by atoms with Crippen molar-refractivity contribution >= 4 is 41.8 Å². The second-order valence-corrected chi connectivity index (χ2v) is 7.87. The third-order valence-corrected chi connectivity index (χ3v) is 5.29. The predicted octanol–water partition coefficient (Wildman–Crippen LogP) is 2.86. The second kappa shape index (κ2) is 12.1. The standard InChI is InChI=1S/C19H30N4O2S.ClH/c1-14-5-7-16(8-6-14)22-19(25)21-12-15-4-3-10-23(13-15)18(24)17(20)9-11-26-2;/h5-8,15,17H,3-4,9-13,20H2,1-2H3,(H2,21,22,25);1H/t15?,17-;/m0./s1. The number of nitrogens with two attached hydrogens (primary N) is 1. The third-order valence-electron chi connectivity index (χ3n) is 4.64. The lowest BCUT2D eigenvalue weighted by atomic mass is 9.97. The van der Waals surface area contributed by atoms with Crippen LogP contribution < -0.4 is 16.4 Å². The minimum absolute atomic E-state index is 0. The Labute approximate surface area is 172 Å². The summed E-state index contributed by atoms with van der Waals surface area (Å²) in [5.74, 6) is 1.20. The first-order chi connectivity index (χ1) is 12.5. The first kappa shape index (κ1) is 23.6. The number of anilines is 1. The summed E-state index contributed by atoms with van der Waals surface area (Å²) >= 11 is 1.70. The Morgan fingerprint density at radius 3 is 2.70 bits per heavy atom. The molecule has 0 radical (unpaired) electrons. The molecule has 4 N–H and O–H groups in total. The van der Waals surface area contributed by atoms with Crippen molar-refractivity contribution in [2.45, 2.75) is 32.2 Å². The zero-order valence-corrected chi connectivity index (χ0v) is 17.7. The van der Waals surface area contributed by atoms with Crippen molar-refractivity contribution in [1.82, 2.24) is 10.2 Å². The maximum absolute atomic E-state index is 12.4. The molecule has 1 aliphatic rings. The summed E-state index contributed by atoms with van der Waals surface area (Å²) in [6.07, 6.45) is 4.68. The maximum Gasteiger partial charge on any atom is 0.319 e. The number of likely N-dealkylation sites (tertiary alicyclic amines) is 1. The van der Waals surface area contributed by atoms with Crippen LogP contribution in [-0.2, 0) is 4.79 Å². The van der Waals surface area contributed by atoms with Gasteiger partial charge in [0.05, 0.1) is 6.04 Å². The Hall–Kier alpha value is -1.44. The summed E-state index contributed by atoms with van der Waals surface area (Å²) in [5, 5.41) is 5.75. The van der Waals surface area contributed by atoms with Gasteiger partial charge in [-0.2, -0.15) is 11.8 Å². The molecule has 1 fully saturated rings. The van der Waals surface area contributed by atoms with E-state index in [1.807, 2.05) is 42.3 Å². The summed E-state index contributed by atoms with van der Waals surface area (Å²) < 4.78 is 0. The number of halogens is 1. The average Bonchev–Trinajstić information content (AvgIpc) is 2.66. The van der Waals surface area contributed by atoms with Crippen molar-refractivity contribution in [3.05, 3.63) is 29.8 Å². The maximum atomic E-state index is 12.4. The highest BCUT2D eigenvalue weighted by Crippen LogP contribution is 2.17. The lowest BCUT2D eigenvalue weighted by Gasteiger charge is -2.34. The molecule has 3 amide bonds. The fourth-order valence-corrected chi connectivity index (χ4v) is 3.57. The highest BCUT2D eigenvalue weighted by molar-refractivity contribution is 7.98. The van der Waals surface area contributed by atoms with Crippen LogP contribution in [-0.4, -0.2) is 54.5 Å². The van der Waals surface area contributed by atoms with Crippen LogP contribution in [0.1, 0.15) is 24.8 Å². The molecule has 0 saturated carbocycles. The van der Waals surface area contributed by atoms with Gasteiger partial charge in [0, 0.05) is 25.3 Å². The van der Waals surface area contributed by atoms with E-state index in [0.29, 0.717) is 19.5 Å². The number of carbonyl (C=O) groups is 2. The molecule has 8 heteroatoms. The average molecular weight is 415 g/mol.